The Morgan fingerprint density at radius 2 is 2.00 bits per heavy atom. The second kappa shape index (κ2) is 8.75. The third kappa shape index (κ3) is 4.90. The van der Waals surface area contributed by atoms with E-state index in [0.717, 1.165) is 6.42 Å². The van der Waals surface area contributed by atoms with Gasteiger partial charge in [0.05, 0.1) is 11.4 Å². The van der Waals surface area contributed by atoms with Crippen LogP contribution in [0.25, 0.3) is 0 Å². The molecule has 26 heavy (non-hydrogen) atoms. The summed E-state index contributed by atoms with van der Waals surface area (Å²) in [5, 5.41) is 8.93. The number of carbonyl (C=O) groups is 2. The topological polar surface area (TPSA) is 95.0 Å². The molecule has 144 valence electrons. The van der Waals surface area contributed by atoms with Gasteiger partial charge in [-0.1, -0.05) is 19.1 Å². The van der Waals surface area contributed by atoms with Crippen LogP contribution in [-0.2, 0) is 14.8 Å². The number of ketones is 1. The van der Waals surface area contributed by atoms with E-state index < -0.39 is 16.0 Å². The van der Waals surface area contributed by atoms with Crippen molar-refractivity contribution in [2.75, 3.05) is 26.7 Å². The van der Waals surface area contributed by atoms with E-state index in [1.807, 2.05) is 0 Å². The molecular weight excluding hydrogens is 356 g/mol. The normalized spacial score (nSPS) is 19.3. The van der Waals surface area contributed by atoms with Gasteiger partial charge in [-0.25, -0.2) is 8.42 Å². The van der Waals surface area contributed by atoms with Crippen LogP contribution in [0.1, 0.15) is 43.0 Å². The van der Waals surface area contributed by atoms with Crippen molar-refractivity contribution in [3.63, 3.8) is 0 Å². The molecule has 0 amide bonds. The number of rotatable bonds is 7. The predicted molar refractivity (Wildman–Crippen MR) is 97.7 cm³/mol. The Morgan fingerprint density at radius 1 is 1.27 bits per heavy atom. The summed E-state index contributed by atoms with van der Waals surface area (Å²) in [5.74, 6) is -0.980. The van der Waals surface area contributed by atoms with E-state index in [9.17, 15) is 18.0 Å². The van der Waals surface area contributed by atoms with Crippen LogP contribution in [0.3, 0.4) is 0 Å². The van der Waals surface area contributed by atoms with Gasteiger partial charge in [0, 0.05) is 31.1 Å². The average molecular weight is 382 g/mol. The van der Waals surface area contributed by atoms with Gasteiger partial charge in [0.15, 0.2) is 5.78 Å². The lowest BCUT2D eigenvalue weighted by atomic mass is 10.1. The number of likely N-dealkylation sites (N-methyl/N-ethyl adjacent to an activating group) is 1. The molecule has 1 saturated heterocycles. The first kappa shape index (κ1) is 20.5. The highest BCUT2D eigenvalue weighted by molar-refractivity contribution is 7.89. The first-order chi connectivity index (χ1) is 12.3. The van der Waals surface area contributed by atoms with Gasteiger partial charge in [-0.3, -0.25) is 14.5 Å². The molecule has 1 heterocycles. The minimum Gasteiger partial charge on any atom is -0.480 e. The van der Waals surface area contributed by atoms with Crippen LogP contribution in [0, 0.1) is 0 Å². The molecule has 0 radical (unpaired) electrons. The molecular formula is C18H26N2O5S. The summed E-state index contributed by atoms with van der Waals surface area (Å²) in [7, 11) is -1.92. The maximum absolute atomic E-state index is 13.0. The van der Waals surface area contributed by atoms with E-state index in [-0.39, 0.29) is 23.3 Å². The number of hydrogen-bond acceptors (Lipinski definition) is 5. The van der Waals surface area contributed by atoms with Gasteiger partial charge >= 0.3 is 5.97 Å². The SMILES string of the molecule is CCC(=O)c1cccc(S(=O)(=O)N2CCCC(N(C)CC(=O)O)CC2)c1. The zero-order valence-electron chi connectivity index (χ0n) is 15.2. The van der Waals surface area contributed by atoms with Crippen molar-refractivity contribution in [1.29, 1.82) is 0 Å². The van der Waals surface area contributed by atoms with Gasteiger partial charge in [-0.05, 0) is 38.4 Å². The average Bonchev–Trinajstić information content (AvgIpc) is 2.87. The molecule has 7 nitrogen and oxygen atoms in total. The van der Waals surface area contributed by atoms with Crippen molar-refractivity contribution >= 4 is 21.8 Å². The number of sulfonamides is 1. The van der Waals surface area contributed by atoms with Gasteiger partial charge < -0.3 is 5.11 Å². The largest absolute Gasteiger partial charge is 0.480 e. The van der Waals surface area contributed by atoms with Crippen molar-refractivity contribution in [3.05, 3.63) is 29.8 Å². The summed E-state index contributed by atoms with van der Waals surface area (Å²) in [6.07, 6.45) is 2.33. The molecule has 1 aliphatic rings. The van der Waals surface area contributed by atoms with Crippen LogP contribution in [0.4, 0.5) is 0 Å². The Hall–Kier alpha value is -1.77. The first-order valence-corrected chi connectivity index (χ1v) is 10.2. The molecule has 2 rings (SSSR count). The van der Waals surface area contributed by atoms with Crippen molar-refractivity contribution in [3.8, 4) is 0 Å². The molecule has 0 saturated carbocycles. The van der Waals surface area contributed by atoms with Crippen LogP contribution in [0.15, 0.2) is 29.2 Å². The fourth-order valence-corrected chi connectivity index (χ4v) is 4.80. The van der Waals surface area contributed by atoms with Gasteiger partial charge in [0.1, 0.15) is 0 Å². The maximum Gasteiger partial charge on any atom is 0.317 e. The van der Waals surface area contributed by atoms with E-state index in [4.69, 9.17) is 5.11 Å². The molecule has 1 aliphatic heterocycles. The lowest BCUT2D eigenvalue weighted by Gasteiger charge is -2.25. The molecule has 1 aromatic rings. The summed E-state index contributed by atoms with van der Waals surface area (Å²) >= 11 is 0. The van der Waals surface area contributed by atoms with Crippen LogP contribution in [0.5, 0.6) is 0 Å². The highest BCUT2D eigenvalue weighted by atomic mass is 32.2. The third-order valence-electron chi connectivity index (χ3n) is 4.78. The minimum atomic E-state index is -3.68. The Bertz CT molecular complexity index is 763. The number of Topliss-reactive ketones (excluding diaryl/α,β-unsaturated/α-hetero) is 1. The van der Waals surface area contributed by atoms with E-state index in [1.165, 1.54) is 16.4 Å². The Kier molecular flexibility index (Phi) is 6.91. The second-order valence-corrected chi connectivity index (χ2v) is 8.54. The number of carbonyl (C=O) groups excluding carboxylic acids is 1. The number of benzene rings is 1. The van der Waals surface area contributed by atoms with Gasteiger partial charge in [-0.15, -0.1) is 0 Å². The van der Waals surface area contributed by atoms with Crippen molar-refractivity contribution in [2.45, 2.75) is 43.5 Å². The van der Waals surface area contributed by atoms with Crippen molar-refractivity contribution in [1.82, 2.24) is 9.21 Å². The minimum absolute atomic E-state index is 0.0410. The summed E-state index contributed by atoms with van der Waals surface area (Å²) in [6.45, 7) is 2.42. The molecule has 1 fully saturated rings. The van der Waals surface area contributed by atoms with E-state index in [0.29, 0.717) is 37.9 Å². The number of nitrogens with zero attached hydrogens (tertiary/aromatic N) is 2. The van der Waals surface area contributed by atoms with Crippen molar-refractivity contribution < 1.29 is 23.1 Å². The molecule has 1 aromatic carbocycles. The Balaban J connectivity index is 2.15. The van der Waals surface area contributed by atoms with Crippen LogP contribution >= 0.6 is 0 Å². The summed E-state index contributed by atoms with van der Waals surface area (Å²) in [5.41, 5.74) is 0.405. The molecule has 1 atom stereocenters. The monoisotopic (exact) mass is 382 g/mol. The van der Waals surface area contributed by atoms with Gasteiger partial charge in [0.25, 0.3) is 0 Å². The summed E-state index contributed by atoms with van der Waals surface area (Å²) in [6, 6.07) is 6.22. The predicted octanol–water partition coefficient (Wildman–Crippen LogP) is 1.84. The molecule has 0 spiro atoms. The summed E-state index contributed by atoms with van der Waals surface area (Å²) < 4.78 is 27.4. The molecule has 8 heteroatoms. The zero-order chi connectivity index (χ0) is 19.3. The van der Waals surface area contributed by atoms with Gasteiger partial charge in [0.2, 0.25) is 10.0 Å². The lowest BCUT2D eigenvalue weighted by molar-refractivity contribution is -0.138. The van der Waals surface area contributed by atoms with Crippen LogP contribution in [0.2, 0.25) is 0 Å². The molecule has 1 unspecified atom stereocenters. The Morgan fingerprint density at radius 3 is 2.65 bits per heavy atom. The van der Waals surface area contributed by atoms with E-state index >= 15 is 0 Å². The number of aliphatic carboxylic acids is 1. The highest BCUT2D eigenvalue weighted by Gasteiger charge is 2.29. The number of hydrogen-bond donors (Lipinski definition) is 1. The molecule has 0 aromatic heterocycles. The Labute approximate surface area is 154 Å². The first-order valence-electron chi connectivity index (χ1n) is 8.81. The van der Waals surface area contributed by atoms with E-state index in [2.05, 4.69) is 0 Å². The zero-order valence-corrected chi connectivity index (χ0v) is 16.0. The van der Waals surface area contributed by atoms with Gasteiger partial charge in [-0.2, -0.15) is 4.31 Å². The second-order valence-electron chi connectivity index (χ2n) is 6.60. The fraction of sp³-hybridized carbons (Fsp3) is 0.556. The summed E-state index contributed by atoms with van der Waals surface area (Å²) in [4.78, 5) is 24.6. The highest BCUT2D eigenvalue weighted by Crippen LogP contribution is 2.23. The maximum atomic E-state index is 13.0. The number of carboxylic acids is 1. The lowest BCUT2D eigenvalue weighted by Crippen LogP contribution is -2.37. The molecule has 0 bridgehead atoms. The van der Waals surface area contributed by atoms with Crippen LogP contribution < -0.4 is 0 Å². The van der Waals surface area contributed by atoms with Crippen LogP contribution in [-0.4, -0.2) is 67.2 Å². The molecule has 1 N–H and O–H groups in total. The quantitative estimate of drug-likeness (QED) is 0.723. The van der Waals surface area contributed by atoms with Crippen molar-refractivity contribution in [2.24, 2.45) is 0 Å². The smallest absolute Gasteiger partial charge is 0.317 e. The standard InChI is InChI=1S/C18H26N2O5S/c1-3-17(21)14-6-4-8-16(12-14)26(24,25)20-10-5-7-15(9-11-20)19(2)13-18(22)23/h4,6,8,12,15H,3,5,7,9-11,13H2,1-2H3,(H,22,23). The third-order valence-corrected chi connectivity index (χ3v) is 6.67. The number of carboxylic acid groups (broad SMARTS) is 1. The fourth-order valence-electron chi connectivity index (χ4n) is 3.26. The molecule has 0 aliphatic carbocycles. The van der Waals surface area contributed by atoms with E-state index in [1.54, 1.807) is 31.0 Å².